The van der Waals surface area contributed by atoms with Gasteiger partial charge in [0.2, 0.25) is 5.91 Å². The van der Waals surface area contributed by atoms with Crippen molar-refractivity contribution in [2.24, 2.45) is 0 Å². The fourth-order valence-corrected chi connectivity index (χ4v) is 3.96. The number of carbonyl (C=O) groups excluding carboxylic acids is 1. The molecule has 2 atom stereocenters. The number of benzene rings is 2. The normalized spacial score (nSPS) is 12.6. The molecule has 0 aliphatic heterocycles. The maximum absolute atomic E-state index is 12.6. The molecule has 11 heteroatoms. The first kappa shape index (κ1) is 24.1. The quantitative estimate of drug-likeness (QED) is 0.261. The largest absolute Gasteiger partial charge is 0.497 e. The van der Waals surface area contributed by atoms with Crippen LogP contribution in [0.15, 0.2) is 53.7 Å². The van der Waals surface area contributed by atoms with Gasteiger partial charge in [-0.1, -0.05) is 17.8 Å². The van der Waals surface area contributed by atoms with E-state index < -0.39 is 10.2 Å². The third-order valence-corrected chi connectivity index (χ3v) is 5.86. The molecule has 0 spiro atoms. The minimum atomic E-state index is -0.488. The van der Waals surface area contributed by atoms with Gasteiger partial charge in [-0.25, -0.2) is 0 Å². The minimum Gasteiger partial charge on any atom is -0.497 e. The molecule has 1 N–H and O–H groups in total. The topological polar surface area (TPSA) is 121 Å². The molecule has 0 saturated carbocycles. The Morgan fingerprint density at radius 1 is 1.18 bits per heavy atom. The first-order chi connectivity index (χ1) is 15.8. The smallest absolute Gasteiger partial charge is 0.269 e. The molecule has 0 radical (unpaired) electrons. The van der Waals surface area contributed by atoms with Crippen LogP contribution in [0.25, 0.3) is 0 Å². The highest BCUT2D eigenvalue weighted by molar-refractivity contribution is 8.00. The molecule has 1 amide bonds. The highest BCUT2D eigenvalue weighted by Gasteiger charge is 2.23. The van der Waals surface area contributed by atoms with Crippen molar-refractivity contribution in [1.82, 2.24) is 14.8 Å². The third kappa shape index (κ3) is 6.01. The lowest BCUT2D eigenvalue weighted by Gasteiger charge is -2.17. The molecule has 10 nitrogen and oxygen atoms in total. The first-order valence-electron chi connectivity index (χ1n) is 10.3. The number of thioether (sulfide) groups is 1. The van der Waals surface area contributed by atoms with Crippen LogP contribution in [-0.4, -0.2) is 38.0 Å². The number of nitrogens with one attached hydrogen (secondary N) is 1. The first-order valence-corrected chi connectivity index (χ1v) is 11.2. The predicted octanol–water partition coefficient (Wildman–Crippen LogP) is 4.47. The Hall–Kier alpha value is -3.60. The van der Waals surface area contributed by atoms with Crippen molar-refractivity contribution in [2.75, 3.05) is 12.4 Å². The molecular weight excluding hydrogens is 446 g/mol. The molecule has 3 aromatic rings. The standard InChI is InChI=1S/C22H25N5O5S/c1-5-26-20(14(2)32-19-8-6-7-18(13-19)31-4)24-25-22(26)33-15(3)21(28)23-16-9-11-17(12-10-16)27(29)30/h6-15H,5H2,1-4H3,(H,23,28). The number of carbonyl (C=O) groups is 1. The van der Waals surface area contributed by atoms with E-state index in [4.69, 9.17) is 9.47 Å². The number of anilines is 1. The summed E-state index contributed by atoms with van der Waals surface area (Å²) in [6.07, 6.45) is -0.372. The highest BCUT2D eigenvalue weighted by atomic mass is 32.2. The summed E-state index contributed by atoms with van der Waals surface area (Å²) in [5.74, 6) is 1.74. The number of hydrogen-bond donors (Lipinski definition) is 1. The van der Waals surface area contributed by atoms with E-state index in [1.165, 1.54) is 36.0 Å². The highest BCUT2D eigenvalue weighted by Crippen LogP contribution is 2.28. The molecule has 0 aliphatic carbocycles. The molecule has 0 bridgehead atoms. The number of rotatable bonds is 10. The Kier molecular flexibility index (Phi) is 7.88. The summed E-state index contributed by atoms with van der Waals surface area (Å²) in [4.78, 5) is 22.9. The van der Waals surface area contributed by atoms with Crippen LogP contribution in [0.1, 0.15) is 32.7 Å². The summed E-state index contributed by atoms with van der Waals surface area (Å²) in [7, 11) is 1.60. The van der Waals surface area contributed by atoms with Gasteiger partial charge in [-0.2, -0.15) is 0 Å². The van der Waals surface area contributed by atoms with Gasteiger partial charge in [0.15, 0.2) is 17.1 Å². The molecule has 1 aromatic heterocycles. The van der Waals surface area contributed by atoms with Crippen molar-refractivity contribution in [3.05, 3.63) is 64.5 Å². The lowest BCUT2D eigenvalue weighted by Crippen LogP contribution is -2.23. The number of aromatic nitrogens is 3. The Morgan fingerprint density at radius 3 is 2.52 bits per heavy atom. The van der Waals surface area contributed by atoms with Crippen molar-refractivity contribution in [3.63, 3.8) is 0 Å². The van der Waals surface area contributed by atoms with Crippen LogP contribution >= 0.6 is 11.8 Å². The van der Waals surface area contributed by atoms with Gasteiger partial charge < -0.3 is 19.4 Å². The number of hydrogen-bond acceptors (Lipinski definition) is 8. The van der Waals surface area contributed by atoms with E-state index in [9.17, 15) is 14.9 Å². The molecule has 2 aromatic carbocycles. The van der Waals surface area contributed by atoms with E-state index in [2.05, 4.69) is 15.5 Å². The number of ether oxygens (including phenoxy) is 2. The molecule has 33 heavy (non-hydrogen) atoms. The Labute approximate surface area is 195 Å². The van der Waals surface area contributed by atoms with Crippen LogP contribution in [0, 0.1) is 10.1 Å². The summed E-state index contributed by atoms with van der Waals surface area (Å²) in [6.45, 7) is 6.22. The number of nitrogens with zero attached hydrogens (tertiary/aromatic N) is 4. The number of nitro groups is 1. The van der Waals surface area contributed by atoms with Gasteiger partial charge in [-0.3, -0.25) is 14.9 Å². The number of nitro benzene ring substituents is 1. The lowest BCUT2D eigenvalue weighted by molar-refractivity contribution is -0.384. The molecule has 1 heterocycles. The molecule has 3 rings (SSSR count). The Balaban J connectivity index is 1.66. The van der Waals surface area contributed by atoms with Gasteiger partial charge in [0.1, 0.15) is 11.5 Å². The Bertz CT molecular complexity index is 1120. The van der Waals surface area contributed by atoms with Gasteiger partial charge in [-0.05, 0) is 45.0 Å². The van der Waals surface area contributed by atoms with Crippen molar-refractivity contribution in [1.29, 1.82) is 0 Å². The van der Waals surface area contributed by atoms with Gasteiger partial charge in [0.05, 0.1) is 17.3 Å². The van der Waals surface area contributed by atoms with Crippen LogP contribution in [0.4, 0.5) is 11.4 Å². The summed E-state index contributed by atoms with van der Waals surface area (Å²) in [5.41, 5.74) is 0.445. The van der Waals surface area contributed by atoms with Crippen molar-refractivity contribution in [2.45, 2.75) is 43.8 Å². The predicted molar refractivity (Wildman–Crippen MR) is 125 cm³/mol. The number of non-ortho nitro benzene ring substituents is 1. The van der Waals surface area contributed by atoms with E-state index >= 15 is 0 Å². The lowest BCUT2D eigenvalue weighted by atomic mass is 10.3. The molecule has 174 valence electrons. The number of methoxy groups -OCH3 is 1. The molecule has 0 aliphatic rings. The fraction of sp³-hybridized carbons (Fsp3) is 0.318. The zero-order chi connectivity index (χ0) is 24.0. The maximum atomic E-state index is 12.6. The van der Waals surface area contributed by atoms with Gasteiger partial charge in [0.25, 0.3) is 5.69 Å². The minimum absolute atomic E-state index is 0.0377. The van der Waals surface area contributed by atoms with Crippen LogP contribution < -0.4 is 14.8 Å². The zero-order valence-corrected chi connectivity index (χ0v) is 19.5. The molecular formula is C22H25N5O5S. The zero-order valence-electron chi connectivity index (χ0n) is 18.7. The second-order valence-electron chi connectivity index (χ2n) is 7.08. The summed E-state index contributed by atoms with van der Waals surface area (Å²) in [5, 5.41) is 22.2. The average Bonchev–Trinajstić information content (AvgIpc) is 3.22. The van der Waals surface area contributed by atoms with Gasteiger partial charge in [0, 0.05) is 30.4 Å². The summed E-state index contributed by atoms with van der Waals surface area (Å²) in [6, 6.07) is 13.0. The summed E-state index contributed by atoms with van der Waals surface area (Å²) >= 11 is 1.27. The van der Waals surface area contributed by atoms with E-state index in [1.54, 1.807) is 20.1 Å². The fourth-order valence-electron chi connectivity index (χ4n) is 3.04. The monoisotopic (exact) mass is 471 g/mol. The van der Waals surface area contributed by atoms with Crippen LogP contribution in [0.5, 0.6) is 11.5 Å². The van der Waals surface area contributed by atoms with Crippen LogP contribution in [0.2, 0.25) is 0 Å². The van der Waals surface area contributed by atoms with E-state index in [0.717, 1.165) is 0 Å². The average molecular weight is 472 g/mol. The second-order valence-corrected chi connectivity index (χ2v) is 8.39. The van der Waals surface area contributed by atoms with Crippen molar-refractivity contribution < 1.29 is 19.2 Å². The molecule has 2 unspecified atom stereocenters. The Morgan fingerprint density at radius 2 is 1.88 bits per heavy atom. The van der Waals surface area contributed by atoms with E-state index in [-0.39, 0.29) is 17.7 Å². The molecule has 0 saturated heterocycles. The van der Waals surface area contributed by atoms with Gasteiger partial charge >= 0.3 is 0 Å². The SMILES string of the molecule is CCn1c(SC(C)C(=O)Nc2ccc([N+](=O)[O-])cc2)nnc1C(C)Oc1cccc(OC)c1. The van der Waals surface area contributed by atoms with Crippen molar-refractivity contribution >= 4 is 29.0 Å². The van der Waals surface area contributed by atoms with Crippen LogP contribution in [0.3, 0.4) is 0 Å². The second kappa shape index (κ2) is 10.8. The summed E-state index contributed by atoms with van der Waals surface area (Å²) < 4.78 is 13.2. The van der Waals surface area contributed by atoms with Gasteiger partial charge in [-0.15, -0.1) is 10.2 Å². The van der Waals surface area contributed by atoms with Crippen LogP contribution in [-0.2, 0) is 11.3 Å². The van der Waals surface area contributed by atoms with E-state index in [1.807, 2.05) is 36.6 Å². The third-order valence-electron chi connectivity index (χ3n) is 4.78. The number of amides is 1. The van der Waals surface area contributed by atoms with E-state index in [0.29, 0.717) is 34.7 Å². The molecule has 0 fully saturated rings. The van der Waals surface area contributed by atoms with Crippen molar-refractivity contribution in [3.8, 4) is 11.5 Å². The maximum Gasteiger partial charge on any atom is 0.269 e.